The standard InChI is InChI=1S/C23H31N3O/c1-17-6-7-20-18(14-17)19-15-24(2)13-8-21(19)26(20)16-23(9-10-23)22(27)25-11-4-3-5-12-25/h6-7,14H,3-5,8-13,15-16H2,1-2H3. The molecule has 1 saturated carbocycles. The zero-order valence-corrected chi connectivity index (χ0v) is 16.8. The van der Waals surface area contributed by atoms with Crippen LogP contribution in [-0.4, -0.2) is 47.0 Å². The Hall–Kier alpha value is -1.81. The third-order valence-corrected chi connectivity index (χ3v) is 7.01. The van der Waals surface area contributed by atoms with Crippen LogP contribution in [0.1, 0.15) is 48.9 Å². The first kappa shape index (κ1) is 17.3. The molecule has 2 fully saturated rings. The highest BCUT2D eigenvalue weighted by atomic mass is 16.2. The molecular weight excluding hydrogens is 334 g/mol. The van der Waals surface area contributed by atoms with Gasteiger partial charge in [0.2, 0.25) is 5.91 Å². The van der Waals surface area contributed by atoms with E-state index >= 15 is 0 Å². The smallest absolute Gasteiger partial charge is 0.230 e. The molecule has 0 spiro atoms. The molecule has 1 aliphatic carbocycles. The van der Waals surface area contributed by atoms with Crippen LogP contribution in [0.25, 0.3) is 10.9 Å². The van der Waals surface area contributed by atoms with Crippen LogP contribution >= 0.6 is 0 Å². The monoisotopic (exact) mass is 365 g/mol. The molecular formula is C23H31N3O. The van der Waals surface area contributed by atoms with Gasteiger partial charge in [0.05, 0.1) is 5.41 Å². The molecule has 5 rings (SSSR count). The zero-order valence-electron chi connectivity index (χ0n) is 16.8. The van der Waals surface area contributed by atoms with E-state index in [-0.39, 0.29) is 5.41 Å². The fraction of sp³-hybridized carbons (Fsp3) is 0.609. The maximum absolute atomic E-state index is 13.3. The minimum Gasteiger partial charge on any atom is -0.343 e. The summed E-state index contributed by atoms with van der Waals surface area (Å²) in [6.07, 6.45) is 6.84. The van der Waals surface area contributed by atoms with E-state index < -0.39 is 0 Å². The van der Waals surface area contributed by atoms with Gasteiger partial charge in [-0.25, -0.2) is 0 Å². The summed E-state index contributed by atoms with van der Waals surface area (Å²) in [5, 5.41) is 1.40. The molecule has 3 heterocycles. The number of aromatic nitrogens is 1. The molecule has 4 nitrogen and oxygen atoms in total. The van der Waals surface area contributed by atoms with E-state index in [2.05, 4.69) is 46.5 Å². The van der Waals surface area contributed by atoms with Crippen LogP contribution in [0, 0.1) is 12.3 Å². The highest BCUT2D eigenvalue weighted by Crippen LogP contribution is 2.50. The molecule has 144 valence electrons. The van der Waals surface area contributed by atoms with Crippen LogP contribution in [0.15, 0.2) is 18.2 Å². The summed E-state index contributed by atoms with van der Waals surface area (Å²) < 4.78 is 2.52. The Labute approximate surface area is 162 Å². The van der Waals surface area contributed by atoms with Crippen molar-refractivity contribution in [2.75, 3.05) is 26.7 Å². The molecule has 0 unspecified atom stereocenters. The number of hydrogen-bond donors (Lipinski definition) is 0. The number of benzene rings is 1. The van der Waals surface area contributed by atoms with E-state index in [0.717, 1.165) is 52.0 Å². The summed E-state index contributed by atoms with van der Waals surface area (Å²) in [6, 6.07) is 6.85. The molecule has 1 amide bonds. The molecule has 0 bridgehead atoms. The van der Waals surface area contributed by atoms with Crippen molar-refractivity contribution in [3.63, 3.8) is 0 Å². The van der Waals surface area contributed by atoms with Gasteiger partial charge in [0.1, 0.15) is 0 Å². The number of rotatable bonds is 3. The Morgan fingerprint density at radius 3 is 2.63 bits per heavy atom. The van der Waals surface area contributed by atoms with E-state index in [1.54, 1.807) is 0 Å². The number of nitrogens with zero attached hydrogens (tertiary/aromatic N) is 3. The second kappa shape index (κ2) is 6.37. The van der Waals surface area contributed by atoms with Gasteiger partial charge in [-0.3, -0.25) is 4.79 Å². The van der Waals surface area contributed by atoms with Crippen molar-refractivity contribution in [2.45, 2.75) is 58.5 Å². The van der Waals surface area contributed by atoms with Crippen molar-refractivity contribution in [2.24, 2.45) is 5.41 Å². The van der Waals surface area contributed by atoms with Crippen LogP contribution in [0.2, 0.25) is 0 Å². The first-order valence-electron chi connectivity index (χ1n) is 10.7. The Bertz CT molecular complexity index is 887. The molecule has 27 heavy (non-hydrogen) atoms. The van der Waals surface area contributed by atoms with Crippen LogP contribution in [0.5, 0.6) is 0 Å². The summed E-state index contributed by atoms with van der Waals surface area (Å²) in [5.41, 5.74) is 5.49. The number of likely N-dealkylation sites (N-methyl/N-ethyl adjacent to an activating group) is 1. The minimum absolute atomic E-state index is 0.134. The Morgan fingerprint density at radius 1 is 1.11 bits per heavy atom. The number of carbonyl (C=O) groups is 1. The molecule has 0 radical (unpaired) electrons. The average molecular weight is 366 g/mol. The quantitative estimate of drug-likeness (QED) is 0.829. The summed E-state index contributed by atoms with van der Waals surface area (Å²) in [4.78, 5) is 17.9. The maximum Gasteiger partial charge on any atom is 0.230 e. The van der Waals surface area contributed by atoms with E-state index in [9.17, 15) is 4.79 Å². The Kier molecular flexibility index (Phi) is 4.08. The van der Waals surface area contributed by atoms with Gasteiger partial charge in [-0.15, -0.1) is 0 Å². The SMILES string of the molecule is Cc1ccc2c(c1)c1c(n2CC2(C(=O)N3CCCCC3)CC2)CCN(C)C1. The molecule has 2 aliphatic heterocycles. The predicted octanol–water partition coefficient (Wildman–Crippen LogP) is 3.73. The summed E-state index contributed by atoms with van der Waals surface area (Å²) in [7, 11) is 2.21. The van der Waals surface area contributed by atoms with Gasteiger partial charge in [-0.05, 0) is 63.8 Å². The van der Waals surface area contributed by atoms with Gasteiger partial charge >= 0.3 is 0 Å². The number of hydrogen-bond acceptors (Lipinski definition) is 2. The topological polar surface area (TPSA) is 28.5 Å². The van der Waals surface area contributed by atoms with Gasteiger partial charge in [0, 0.05) is 55.7 Å². The fourth-order valence-corrected chi connectivity index (χ4v) is 5.20. The maximum atomic E-state index is 13.3. The lowest BCUT2D eigenvalue weighted by Gasteiger charge is -2.31. The lowest BCUT2D eigenvalue weighted by molar-refractivity contribution is -0.138. The Morgan fingerprint density at radius 2 is 1.89 bits per heavy atom. The normalized spacial score (nSPS) is 22.1. The largest absolute Gasteiger partial charge is 0.343 e. The zero-order chi connectivity index (χ0) is 18.6. The summed E-state index contributed by atoms with van der Waals surface area (Å²) >= 11 is 0. The molecule has 2 aromatic rings. The molecule has 1 aromatic carbocycles. The third-order valence-electron chi connectivity index (χ3n) is 7.01. The molecule has 1 aromatic heterocycles. The molecule has 0 atom stereocenters. The number of carbonyl (C=O) groups excluding carboxylic acids is 1. The summed E-state index contributed by atoms with van der Waals surface area (Å²) in [6.45, 7) is 7.12. The second-order valence-electron chi connectivity index (χ2n) is 9.15. The van der Waals surface area contributed by atoms with Crippen molar-refractivity contribution in [3.8, 4) is 0 Å². The number of piperidine rings is 1. The van der Waals surface area contributed by atoms with Crippen molar-refractivity contribution >= 4 is 16.8 Å². The fourth-order valence-electron chi connectivity index (χ4n) is 5.20. The lowest BCUT2D eigenvalue weighted by Crippen LogP contribution is -2.42. The van der Waals surface area contributed by atoms with Crippen LogP contribution in [0.4, 0.5) is 0 Å². The molecule has 0 N–H and O–H groups in total. The predicted molar refractivity (Wildman–Crippen MR) is 109 cm³/mol. The Balaban J connectivity index is 1.53. The first-order valence-corrected chi connectivity index (χ1v) is 10.7. The van der Waals surface area contributed by atoms with Crippen molar-refractivity contribution < 1.29 is 4.79 Å². The number of amides is 1. The molecule has 4 heteroatoms. The van der Waals surface area contributed by atoms with Crippen molar-refractivity contribution in [1.29, 1.82) is 0 Å². The second-order valence-corrected chi connectivity index (χ2v) is 9.15. The third kappa shape index (κ3) is 2.89. The van der Waals surface area contributed by atoms with E-state index in [4.69, 9.17) is 0 Å². The number of likely N-dealkylation sites (tertiary alicyclic amines) is 1. The average Bonchev–Trinajstić information content (AvgIpc) is 3.41. The van der Waals surface area contributed by atoms with E-state index in [1.807, 2.05) is 0 Å². The van der Waals surface area contributed by atoms with E-state index in [0.29, 0.717) is 5.91 Å². The van der Waals surface area contributed by atoms with Crippen molar-refractivity contribution in [3.05, 3.63) is 35.0 Å². The number of fused-ring (bicyclic) bond motifs is 3. The molecule has 3 aliphatic rings. The number of aryl methyl sites for hydroxylation is 1. The van der Waals surface area contributed by atoms with Gasteiger partial charge in [0.25, 0.3) is 0 Å². The van der Waals surface area contributed by atoms with Gasteiger partial charge < -0.3 is 14.4 Å². The summed E-state index contributed by atoms with van der Waals surface area (Å²) in [5.74, 6) is 0.429. The highest BCUT2D eigenvalue weighted by molar-refractivity contribution is 5.88. The van der Waals surface area contributed by atoms with Gasteiger partial charge in [-0.2, -0.15) is 0 Å². The minimum atomic E-state index is -0.134. The van der Waals surface area contributed by atoms with Gasteiger partial charge in [0.15, 0.2) is 0 Å². The van der Waals surface area contributed by atoms with Crippen LogP contribution in [0.3, 0.4) is 0 Å². The van der Waals surface area contributed by atoms with E-state index in [1.165, 1.54) is 47.0 Å². The van der Waals surface area contributed by atoms with Crippen molar-refractivity contribution in [1.82, 2.24) is 14.4 Å². The van der Waals surface area contributed by atoms with Crippen LogP contribution < -0.4 is 0 Å². The highest BCUT2D eigenvalue weighted by Gasteiger charge is 2.52. The van der Waals surface area contributed by atoms with Crippen LogP contribution in [-0.2, 0) is 24.3 Å². The lowest BCUT2D eigenvalue weighted by atomic mass is 10.0. The first-order chi connectivity index (χ1) is 13.1. The molecule has 1 saturated heterocycles. The van der Waals surface area contributed by atoms with Gasteiger partial charge in [-0.1, -0.05) is 11.6 Å².